The van der Waals surface area contributed by atoms with Gasteiger partial charge in [-0.3, -0.25) is 4.79 Å². The second-order valence-corrected chi connectivity index (χ2v) is 6.36. The van der Waals surface area contributed by atoms with Gasteiger partial charge in [0.1, 0.15) is 6.04 Å². The Morgan fingerprint density at radius 3 is 3.00 bits per heavy atom. The lowest BCUT2D eigenvalue weighted by Crippen LogP contribution is -2.39. The number of anilines is 2. The summed E-state index contributed by atoms with van der Waals surface area (Å²) in [4.78, 5) is 18.8. The second kappa shape index (κ2) is 5.59. The van der Waals surface area contributed by atoms with Gasteiger partial charge in [-0.05, 0) is 25.0 Å². The quantitative estimate of drug-likeness (QED) is 0.919. The number of benzene rings is 1. The zero-order chi connectivity index (χ0) is 16.7. The predicted molar refractivity (Wildman–Crippen MR) is 83.8 cm³/mol. The fourth-order valence-corrected chi connectivity index (χ4v) is 3.60. The zero-order valence-electron chi connectivity index (χ0n) is 12.4. The van der Waals surface area contributed by atoms with Gasteiger partial charge in [-0.15, -0.1) is 20.1 Å². The lowest BCUT2D eigenvalue weighted by molar-refractivity contribution is -0.286. The van der Waals surface area contributed by atoms with Crippen LogP contribution < -0.4 is 19.7 Å². The molecule has 1 N–H and O–H groups in total. The second-order valence-electron chi connectivity index (χ2n) is 5.48. The molecule has 0 aliphatic carbocycles. The van der Waals surface area contributed by atoms with Crippen LogP contribution in [-0.2, 0) is 4.79 Å². The van der Waals surface area contributed by atoms with Crippen molar-refractivity contribution in [2.24, 2.45) is 0 Å². The highest BCUT2D eigenvalue weighted by atomic mass is 32.1. The fourth-order valence-electron chi connectivity index (χ4n) is 2.88. The number of carbonyl (C=O) groups excluding carboxylic acids is 1. The summed E-state index contributed by atoms with van der Waals surface area (Å²) in [7, 11) is 0. The third-order valence-corrected chi connectivity index (χ3v) is 4.70. The molecule has 126 valence electrons. The van der Waals surface area contributed by atoms with Crippen molar-refractivity contribution in [1.82, 2.24) is 4.98 Å². The lowest BCUT2D eigenvalue weighted by Gasteiger charge is -2.23. The predicted octanol–water partition coefficient (Wildman–Crippen LogP) is 3.07. The molecule has 3 heterocycles. The number of amides is 1. The van der Waals surface area contributed by atoms with E-state index in [1.165, 1.54) is 29.5 Å². The van der Waals surface area contributed by atoms with Crippen LogP contribution >= 0.6 is 11.3 Å². The van der Waals surface area contributed by atoms with Crippen LogP contribution in [0.15, 0.2) is 29.8 Å². The molecule has 1 fully saturated rings. The van der Waals surface area contributed by atoms with E-state index in [4.69, 9.17) is 0 Å². The minimum Gasteiger partial charge on any atom is -0.395 e. The van der Waals surface area contributed by atoms with Gasteiger partial charge < -0.3 is 19.7 Å². The minimum atomic E-state index is -3.67. The molecule has 1 aromatic carbocycles. The van der Waals surface area contributed by atoms with Gasteiger partial charge in [0.2, 0.25) is 5.91 Å². The topological polar surface area (TPSA) is 63.7 Å². The summed E-state index contributed by atoms with van der Waals surface area (Å²) in [6.07, 6.45) is -0.359. The summed E-state index contributed by atoms with van der Waals surface area (Å²) in [5, 5.41) is 5.41. The Balaban J connectivity index is 1.49. The van der Waals surface area contributed by atoms with E-state index in [1.807, 2.05) is 10.3 Å². The maximum atomic E-state index is 13.0. The number of hydrogen-bond acceptors (Lipinski definition) is 6. The highest BCUT2D eigenvalue weighted by molar-refractivity contribution is 7.13. The van der Waals surface area contributed by atoms with E-state index in [-0.39, 0.29) is 23.4 Å². The van der Waals surface area contributed by atoms with Crippen molar-refractivity contribution in [1.29, 1.82) is 0 Å². The van der Waals surface area contributed by atoms with Gasteiger partial charge in [0.05, 0.1) is 0 Å². The van der Waals surface area contributed by atoms with Crippen LogP contribution in [0.4, 0.5) is 19.6 Å². The largest absolute Gasteiger partial charge is 0.586 e. The Kier molecular flexibility index (Phi) is 3.52. The summed E-state index contributed by atoms with van der Waals surface area (Å²) >= 11 is 1.48. The molecule has 1 unspecified atom stereocenters. The smallest absolute Gasteiger partial charge is 0.395 e. The Labute approximate surface area is 140 Å². The first-order valence-electron chi connectivity index (χ1n) is 7.39. The van der Waals surface area contributed by atoms with Gasteiger partial charge >= 0.3 is 6.29 Å². The first-order valence-corrected chi connectivity index (χ1v) is 8.27. The van der Waals surface area contributed by atoms with Gasteiger partial charge in [0.15, 0.2) is 16.6 Å². The average Bonchev–Trinajstić information content (AvgIpc) is 3.24. The molecule has 2 aliphatic heterocycles. The van der Waals surface area contributed by atoms with Crippen molar-refractivity contribution < 1.29 is 23.0 Å². The van der Waals surface area contributed by atoms with Crippen molar-refractivity contribution >= 4 is 28.1 Å². The average molecular weight is 353 g/mol. The fraction of sp³-hybridized carbons (Fsp3) is 0.333. The van der Waals surface area contributed by atoms with Crippen LogP contribution in [0.1, 0.15) is 12.8 Å². The van der Waals surface area contributed by atoms with E-state index in [2.05, 4.69) is 19.8 Å². The van der Waals surface area contributed by atoms with Crippen LogP contribution in [-0.4, -0.2) is 29.8 Å². The number of aromatic nitrogens is 1. The molecular weight excluding hydrogens is 340 g/mol. The summed E-state index contributed by atoms with van der Waals surface area (Å²) in [6, 6.07) is 3.85. The first kappa shape index (κ1) is 15.1. The van der Waals surface area contributed by atoms with Crippen LogP contribution in [0.3, 0.4) is 0 Å². The number of nitrogens with zero attached hydrogens (tertiary/aromatic N) is 2. The third-order valence-electron chi connectivity index (χ3n) is 3.89. The molecule has 24 heavy (non-hydrogen) atoms. The van der Waals surface area contributed by atoms with Crippen LogP contribution in [0.2, 0.25) is 0 Å². The highest BCUT2D eigenvalue weighted by Crippen LogP contribution is 2.42. The molecule has 6 nitrogen and oxygen atoms in total. The molecule has 1 saturated heterocycles. The van der Waals surface area contributed by atoms with Crippen LogP contribution in [0.25, 0.3) is 0 Å². The zero-order valence-corrected chi connectivity index (χ0v) is 13.2. The van der Waals surface area contributed by atoms with Gasteiger partial charge in [-0.1, -0.05) is 0 Å². The summed E-state index contributed by atoms with van der Waals surface area (Å²) in [5.74, 6) is -0.349. The van der Waals surface area contributed by atoms with Gasteiger partial charge in [-0.25, -0.2) is 4.98 Å². The molecule has 4 rings (SSSR count). The first-order chi connectivity index (χ1) is 11.5. The minimum absolute atomic E-state index is 0.0525. The molecule has 1 aromatic heterocycles. The molecule has 0 bridgehead atoms. The summed E-state index contributed by atoms with van der Waals surface area (Å²) < 4.78 is 34.8. The molecule has 1 atom stereocenters. The number of thiazole rings is 1. The van der Waals surface area contributed by atoms with E-state index >= 15 is 0 Å². The number of ether oxygens (including phenoxy) is 2. The van der Waals surface area contributed by atoms with Gasteiger partial charge in [0.25, 0.3) is 0 Å². The molecule has 0 spiro atoms. The molecule has 2 aliphatic rings. The number of carbonyl (C=O) groups is 1. The van der Waals surface area contributed by atoms with Crippen molar-refractivity contribution in [3.05, 3.63) is 29.8 Å². The van der Waals surface area contributed by atoms with Crippen LogP contribution in [0.5, 0.6) is 11.5 Å². The molecule has 0 radical (unpaired) electrons. The number of hydrogen-bond donors (Lipinski definition) is 1. The molecule has 0 saturated carbocycles. The third kappa shape index (κ3) is 2.75. The maximum Gasteiger partial charge on any atom is 0.586 e. The maximum absolute atomic E-state index is 13.0. The number of fused-ring (bicyclic) bond motifs is 1. The number of rotatable bonds is 3. The van der Waals surface area contributed by atoms with Crippen molar-refractivity contribution in [2.45, 2.75) is 25.2 Å². The molecule has 2 aromatic rings. The Bertz CT molecular complexity index is 769. The van der Waals surface area contributed by atoms with Crippen molar-refractivity contribution in [3.63, 3.8) is 0 Å². The SMILES string of the molecule is O=C(Nc1ccc2c(c1)OC(F)(F)O2)C1CCCN1c1nccs1. The lowest BCUT2D eigenvalue weighted by atomic mass is 10.2. The monoisotopic (exact) mass is 353 g/mol. The van der Waals surface area contributed by atoms with E-state index < -0.39 is 6.29 Å². The van der Waals surface area contributed by atoms with Crippen LogP contribution in [0, 0.1) is 0 Å². The van der Waals surface area contributed by atoms with Gasteiger partial charge in [0, 0.05) is 29.9 Å². The summed E-state index contributed by atoms with van der Waals surface area (Å²) in [6.45, 7) is 0.763. The highest BCUT2D eigenvalue weighted by Gasteiger charge is 2.43. The van der Waals surface area contributed by atoms with Crippen molar-refractivity contribution in [3.8, 4) is 11.5 Å². The standard InChI is InChI=1S/C15H13F2N3O3S/c16-15(17)22-11-4-3-9(8-12(11)23-15)19-13(21)10-2-1-6-20(10)14-18-5-7-24-14/h3-5,7-8,10H,1-2,6H2,(H,19,21). The molecule has 9 heteroatoms. The Hall–Kier alpha value is -2.42. The van der Waals surface area contributed by atoms with E-state index in [1.54, 1.807) is 6.20 Å². The molecular formula is C15H13F2N3O3S. The van der Waals surface area contributed by atoms with E-state index in [0.717, 1.165) is 18.1 Å². The van der Waals surface area contributed by atoms with E-state index in [9.17, 15) is 13.6 Å². The normalized spacial score (nSPS) is 21.1. The van der Waals surface area contributed by atoms with E-state index in [0.29, 0.717) is 12.1 Å². The summed E-state index contributed by atoms with van der Waals surface area (Å²) in [5.41, 5.74) is 0.381. The number of nitrogens with one attached hydrogen (secondary N) is 1. The Morgan fingerprint density at radius 1 is 1.38 bits per heavy atom. The van der Waals surface area contributed by atoms with Crippen molar-refractivity contribution in [2.75, 3.05) is 16.8 Å². The number of alkyl halides is 2. The Morgan fingerprint density at radius 2 is 2.21 bits per heavy atom. The van der Waals surface area contributed by atoms with Gasteiger partial charge in [-0.2, -0.15) is 0 Å². The molecule has 1 amide bonds. The number of halogens is 2.